The standard InChI is InChI=1S/C10H11BrF2O2/c1-6-3-2-4-7(8(14)5-11)9(6)15-10(12)13/h2-4,8,10,14H,5H2,1H3. The molecule has 1 aromatic rings. The van der Waals surface area contributed by atoms with E-state index in [4.69, 9.17) is 0 Å². The summed E-state index contributed by atoms with van der Waals surface area (Å²) in [7, 11) is 0. The average molecular weight is 281 g/mol. The molecule has 84 valence electrons. The maximum absolute atomic E-state index is 12.1. The lowest BCUT2D eigenvalue weighted by atomic mass is 10.1. The molecule has 0 saturated heterocycles. The van der Waals surface area contributed by atoms with E-state index in [0.29, 0.717) is 11.1 Å². The van der Waals surface area contributed by atoms with Crippen molar-refractivity contribution in [2.24, 2.45) is 0 Å². The summed E-state index contributed by atoms with van der Waals surface area (Å²) in [5.41, 5.74) is 0.944. The van der Waals surface area contributed by atoms with Crippen molar-refractivity contribution < 1.29 is 18.6 Å². The van der Waals surface area contributed by atoms with Crippen LogP contribution in [0.15, 0.2) is 18.2 Å². The summed E-state index contributed by atoms with van der Waals surface area (Å²) in [6.45, 7) is -1.23. The van der Waals surface area contributed by atoms with Gasteiger partial charge in [-0.3, -0.25) is 0 Å². The van der Waals surface area contributed by atoms with Gasteiger partial charge in [-0.25, -0.2) is 0 Å². The molecule has 0 bridgehead atoms. The molecule has 1 N–H and O–H groups in total. The molecule has 0 aliphatic heterocycles. The second-order valence-corrected chi connectivity index (χ2v) is 3.69. The van der Waals surface area contributed by atoms with Crippen LogP contribution < -0.4 is 4.74 Å². The van der Waals surface area contributed by atoms with Crippen LogP contribution in [-0.4, -0.2) is 17.0 Å². The first-order valence-corrected chi connectivity index (χ1v) is 5.46. The number of hydrogen-bond acceptors (Lipinski definition) is 2. The van der Waals surface area contributed by atoms with Gasteiger partial charge in [0.05, 0.1) is 6.10 Å². The number of halogens is 3. The second kappa shape index (κ2) is 5.42. The summed E-state index contributed by atoms with van der Waals surface area (Å²) in [6, 6.07) is 4.91. The van der Waals surface area contributed by atoms with Crippen molar-refractivity contribution in [3.05, 3.63) is 29.3 Å². The van der Waals surface area contributed by atoms with Gasteiger partial charge in [0.25, 0.3) is 0 Å². The molecule has 0 radical (unpaired) electrons. The van der Waals surface area contributed by atoms with Gasteiger partial charge in [-0.05, 0) is 12.5 Å². The predicted molar refractivity (Wildman–Crippen MR) is 56.6 cm³/mol. The molecule has 1 aromatic carbocycles. The van der Waals surface area contributed by atoms with E-state index in [1.807, 2.05) is 0 Å². The third kappa shape index (κ3) is 3.14. The lowest BCUT2D eigenvalue weighted by Gasteiger charge is -2.15. The number of rotatable bonds is 4. The summed E-state index contributed by atoms with van der Waals surface area (Å²) < 4.78 is 28.6. The van der Waals surface area contributed by atoms with Gasteiger partial charge >= 0.3 is 6.61 Å². The van der Waals surface area contributed by atoms with Crippen molar-refractivity contribution in [2.45, 2.75) is 19.6 Å². The van der Waals surface area contributed by atoms with Crippen LogP contribution in [0.25, 0.3) is 0 Å². The fourth-order valence-electron chi connectivity index (χ4n) is 1.27. The van der Waals surface area contributed by atoms with Crippen LogP contribution >= 0.6 is 15.9 Å². The van der Waals surface area contributed by atoms with Crippen molar-refractivity contribution in [3.8, 4) is 5.75 Å². The minimum absolute atomic E-state index is 0.0550. The highest BCUT2D eigenvalue weighted by atomic mass is 79.9. The summed E-state index contributed by atoms with van der Waals surface area (Å²) >= 11 is 3.08. The van der Waals surface area contributed by atoms with Crippen molar-refractivity contribution in [1.82, 2.24) is 0 Å². The number of aliphatic hydroxyl groups is 1. The molecule has 5 heteroatoms. The van der Waals surface area contributed by atoms with Crippen molar-refractivity contribution >= 4 is 15.9 Å². The molecule has 0 saturated carbocycles. The number of aliphatic hydroxyl groups excluding tert-OH is 1. The number of hydrogen-bond donors (Lipinski definition) is 1. The van der Waals surface area contributed by atoms with E-state index < -0.39 is 12.7 Å². The third-order valence-corrected chi connectivity index (χ3v) is 2.57. The van der Waals surface area contributed by atoms with E-state index in [2.05, 4.69) is 20.7 Å². The predicted octanol–water partition coefficient (Wildman–Crippen LogP) is 3.02. The molecular weight excluding hydrogens is 270 g/mol. The second-order valence-electron chi connectivity index (χ2n) is 3.04. The van der Waals surface area contributed by atoms with Gasteiger partial charge in [0, 0.05) is 10.9 Å². The molecule has 1 atom stereocenters. The zero-order valence-corrected chi connectivity index (χ0v) is 9.67. The third-order valence-electron chi connectivity index (χ3n) is 1.95. The Balaban J connectivity index is 3.08. The van der Waals surface area contributed by atoms with Crippen LogP contribution in [0.3, 0.4) is 0 Å². The van der Waals surface area contributed by atoms with Gasteiger partial charge in [0.15, 0.2) is 0 Å². The average Bonchev–Trinajstić information content (AvgIpc) is 2.19. The maximum atomic E-state index is 12.1. The minimum Gasteiger partial charge on any atom is -0.434 e. The molecule has 1 unspecified atom stereocenters. The zero-order valence-electron chi connectivity index (χ0n) is 8.08. The van der Waals surface area contributed by atoms with Crippen LogP contribution in [0.5, 0.6) is 5.75 Å². The van der Waals surface area contributed by atoms with E-state index in [9.17, 15) is 13.9 Å². The zero-order chi connectivity index (χ0) is 11.4. The largest absolute Gasteiger partial charge is 0.434 e. The topological polar surface area (TPSA) is 29.5 Å². The number of benzene rings is 1. The van der Waals surface area contributed by atoms with Gasteiger partial charge in [-0.2, -0.15) is 8.78 Å². The van der Waals surface area contributed by atoms with E-state index >= 15 is 0 Å². The molecule has 2 nitrogen and oxygen atoms in total. The Hall–Kier alpha value is -0.680. The molecule has 0 fully saturated rings. The normalized spacial score (nSPS) is 12.9. The Kier molecular flexibility index (Phi) is 4.47. The maximum Gasteiger partial charge on any atom is 0.387 e. The fraction of sp³-hybridized carbons (Fsp3) is 0.400. The smallest absolute Gasteiger partial charge is 0.387 e. The SMILES string of the molecule is Cc1cccc(C(O)CBr)c1OC(F)F. The highest BCUT2D eigenvalue weighted by Gasteiger charge is 2.17. The monoisotopic (exact) mass is 280 g/mol. The number of alkyl halides is 3. The number of para-hydroxylation sites is 1. The Morgan fingerprint density at radius 2 is 2.13 bits per heavy atom. The summed E-state index contributed by atoms with van der Waals surface area (Å²) in [5.74, 6) is 0.0550. The molecular formula is C10H11BrF2O2. The van der Waals surface area contributed by atoms with Crippen LogP contribution in [0.1, 0.15) is 17.2 Å². The number of aryl methyl sites for hydroxylation is 1. The van der Waals surface area contributed by atoms with Crippen molar-refractivity contribution in [3.63, 3.8) is 0 Å². The molecule has 0 aliphatic rings. The van der Waals surface area contributed by atoms with Crippen LogP contribution in [0, 0.1) is 6.92 Å². The summed E-state index contributed by atoms with van der Waals surface area (Å²) in [6.07, 6.45) is -0.848. The molecule has 0 heterocycles. The first kappa shape index (κ1) is 12.4. The van der Waals surface area contributed by atoms with E-state index in [-0.39, 0.29) is 11.1 Å². The summed E-state index contributed by atoms with van der Waals surface area (Å²) in [4.78, 5) is 0. The van der Waals surface area contributed by atoms with E-state index in [1.54, 1.807) is 25.1 Å². The Labute approximate surface area is 95.0 Å². The van der Waals surface area contributed by atoms with Gasteiger partial charge < -0.3 is 9.84 Å². The van der Waals surface area contributed by atoms with E-state index in [0.717, 1.165) is 0 Å². The Bertz CT molecular complexity index is 331. The van der Waals surface area contributed by atoms with E-state index in [1.165, 1.54) is 0 Å². The molecule has 15 heavy (non-hydrogen) atoms. The van der Waals surface area contributed by atoms with Crippen LogP contribution in [0.4, 0.5) is 8.78 Å². The summed E-state index contributed by atoms with van der Waals surface area (Å²) in [5, 5.41) is 9.85. The fourth-order valence-corrected chi connectivity index (χ4v) is 1.62. The molecule has 0 aromatic heterocycles. The first-order valence-electron chi connectivity index (χ1n) is 4.34. The molecule has 0 amide bonds. The van der Waals surface area contributed by atoms with Gasteiger partial charge in [-0.1, -0.05) is 34.1 Å². The lowest BCUT2D eigenvalue weighted by molar-refractivity contribution is -0.0518. The molecule has 0 aliphatic carbocycles. The Morgan fingerprint density at radius 3 is 2.67 bits per heavy atom. The van der Waals surface area contributed by atoms with Gasteiger partial charge in [0.1, 0.15) is 5.75 Å². The highest BCUT2D eigenvalue weighted by Crippen LogP contribution is 2.30. The molecule has 0 spiro atoms. The Morgan fingerprint density at radius 1 is 1.47 bits per heavy atom. The number of ether oxygens (including phenoxy) is 1. The van der Waals surface area contributed by atoms with Crippen LogP contribution in [0.2, 0.25) is 0 Å². The van der Waals surface area contributed by atoms with Gasteiger partial charge in [-0.15, -0.1) is 0 Å². The molecule has 1 rings (SSSR count). The minimum atomic E-state index is -2.88. The quantitative estimate of drug-likeness (QED) is 0.860. The highest BCUT2D eigenvalue weighted by molar-refractivity contribution is 9.09. The van der Waals surface area contributed by atoms with Gasteiger partial charge in [0.2, 0.25) is 0 Å². The first-order chi connectivity index (χ1) is 7.06. The lowest BCUT2D eigenvalue weighted by Crippen LogP contribution is -2.09. The van der Waals surface area contributed by atoms with Crippen LogP contribution in [-0.2, 0) is 0 Å². The van der Waals surface area contributed by atoms with Crippen molar-refractivity contribution in [2.75, 3.05) is 5.33 Å². The van der Waals surface area contributed by atoms with Crippen molar-refractivity contribution in [1.29, 1.82) is 0 Å².